The molecule has 0 aliphatic rings. The number of rotatable bonds is 2. The van der Waals surface area contributed by atoms with Gasteiger partial charge in [-0.1, -0.05) is 23.9 Å². The summed E-state index contributed by atoms with van der Waals surface area (Å²) < 4.78 is 4.90. The Morgan fingerprint density at radius 2 is 1.93 bits per heavy atom. The van der Waals surface area contributed by atoms with E-state index in [2.05, 4.69) is 0 Å². The average Bonchev–Trinajstić information content (AvgIpc) is 2.16. The summed E-state index contributed by atoms with van der Waals surface area (Å²) in [6.45, 7) is 1.31. The Labute approximate surface area is 86.5 Å². The Morgan fingerprint density at radius 3 is 2.50 bits per heavy atom. The van der Waals surface area contributed by atoms with Crippen molar-refractivity contribution in [2.24, 2.45) is 0 Å². The maximum Gasteiger partial charge on any atom is 0.308 e. The first-order chi connectivity index (χ1) is 6.65. The van der Waals surface area contributed by atoms with Gasteiger partial charge in [0, 0.05) is 6.92 Å². The van der Waals surface area contributed by atoms with Crippen LogP contribution in [0.5, 0.6) is 5.75 Å². The molecule has 0 N–H and O–H groups in total. The summed E-state index contributed by atoms with van der Waals surface area (Å²) in [7, 11) is 0. The fraction of sp³-hybridized carbons (Fsp3) is 0.200. The van der Waals surface area contributed by atoms with Crippen LogP contribution in [0.2, 0.25) is 0 Å². The number of thioether (sulfide) groups is 1. The molecule has 0 atom stereocenters. The van der Waals surface area contributed by atoms with E-state index in [1.807, 2.05) is 0 Å². The van der Waals surface area contributed by atoms with Gasteiger partial charge in [0.1, 0.15) is 5.75 Å². The molecule has 1 aromatic carbocycles. The van der Waals surface area contributed by atoms with Crippen molar-refractivity contribution in [1.82, 2.24) is 0 Å². The minimum Gasteiger partial charge on any atom is -0.426 e. The predicted octanol–water partition coefficient (Wildman–Crippen LogP) is 2.12. The van der Waals surface area contributed by atoms with Gasteiger partial charge in [-0.25, -0.2) is 0 Å². The molecule has 0 aliphatic carbocycles. The third-order valence-corrected chi connectivity index (χ3v) is 2.14. The third-order valence-electron chi connectivity index (χ3n) is 1.55. The summed E-state index contributed by atoms with van der Waals surface area (Å²) in [5.74, 6) is -0.106. The minimum atomic E-state index is -0.425. The van der Waals surface area contributed by atoms with Gasteiger partial charge in [-0.3, -0.25) is 9.59 Å². The molecule has 3 nitrogen and oxygen atoms in total. The van der Waals surface area contributed by atoms with Crippen LogP contribution < -0.4 is 4.74 Å². The van der Waals surface area contributed by atoms with Crippen molar-refractivity contribution >= 4 is 22.8 Å². The zero-order valence-electron chi connectivity index (χ0n) is 7.94. The van der Waals surface area contributed by atoms with Crippen molar-refractivity contribution in [2.75, 3.05) is 6.26 Å². The Kier molecular flexibility index (Phi) is 3.71. The lowest BCUT2D eigenvalue weighted by Gasteiger charge is -2.05. The van der Waals surface area contributed by atoms with Gasteiger partial charge in [-0.15, -0.1) is 0 Å². The van der Waals surface area contributed by atoms with Crippen molar-refractivity contribution < 1.29 is 14.3 Å². The largest absolute Gasteiger partial charge is 0.426 e. The van der Waals surface area contributed by atoms with Gasteiger partial charge in [-0.2, -0.15) is 0 Å². The maximum absolute atomic E-state index is 11.4. The number of carbonyl (C=O) groups is 2. The molecule has 1 aromatic rings. The smallest absolute Gasteiger partial charge is 0.308 e. The topological polar surface area (TPSA) is 43.4 Å². The number of ether oxygens (including phenoxy) is 1. The molecule has 0 saturated heterocycles. The van der Waals surface area contributed by atoms with Crippen LogP contribution in [0.4, 0.5) is 0 Å². The molecule has 0 radical (unpaired) electrons. The highest BCUT2D eigenvalue weighted by Gasteiger charge is 2.11. The molecule has 74 valence electrons. The van der Waals surface area contributed by atoms with Crippen molar-refractivity contribution in [3.63, 3.8) is 0 Å². The Hall–Kier alpha value is -1.29. The van der Waals surface area contributed by atoms with Gasteiger partial charge >= 0.3 is 5.97 Å². The zero-order valence-corrected chi connectivity index (χ0v) is 8.76. The lowest BCUT2D eigenvalue weighted by atomic mass is 10.2. The van der Waals surface area contributed by atoms with Crippen LogP contribution in [0.15, 0.2) is 24.3 Å². The first-order valence-corrected chi connectivity index (χ1v) is 5.23. The number of carbonyl (C=O) groups excluding carboxylic acids is 2. The van der Waals surface area contributed by atoms with Crippen LogP contribution in [0.1, 0.15) is 17.3 Å². The van der Waals surface area contributed by atoms with Crippen molar-refractivity contribution in [2.45, 2.75) is 6.92 Å². The molecule has 0 aliphatic heterocycles. The van der Waals surface area contributed by atoms with E-state index in [0.29, 0.717) is 11.3 Å². The summed E-state index contributed by atoms with van der Waals surface area (Å²) in [5.41, 5.74) is 0.426. The molecule has 0 amide bonds. The van der Waals surface area contributed by atoms with Crippen LogP contribution in [-0.4, -0.2) is 17.3 Å². The molecule has 0 spiro atoms. The highest BCUT2D eigenvalue weighted by atomic mass is 32.2. The summed E-state index contributed by atoms with van der Waals surface area (Å²) in [4.78, 5) is 22.1. The molecule has 0 bridgehead atoms. The Morgan fingerprint density at radius 1 is 1.29 bits per heavy atom. The average molecular weight is 210 g/mol. The van der Waals surface area contributed by atoms with Crippen LogP contribution in [-0.2, 0) is 4.79 Å². The second kappa shape index (κ2) is 4.81. The number of esters is 1. The van der Waals surface area contributed by atoms with E-state index in [0.717, 1.165) is 11.8 Å². The molecule has 0 saturated carbocycles. The van der Waals surface area contributed by atoms with Gasteiger partial charge < -0.3 is 4.74 Å². The van der Waals surface area contributed by atoms with E-state index in [1.165, 1.54) is 6.92 Å². The Bertz CT molecular complexity index is 360. The van der Waals surface area contributed by atoms with E-state index in [1.54, 1.807) is 30.5 Å². The molecule has 0 unspecified atom stereocenters. The van der Waals surface area contributed by atoms with E-state index >= 15 is 0 Å². The molecule has 1 rings (SSSR count). The van der Waals surface area contributed by atoms with Gasteiger partial charge in [0.2, 0.25) is 5.12 Å². The van der Waals surface area contributed by atoms with Crippen LogP contribution >= 0.6 is 11.8 Å². The van der Waals surface area contributed by atoms with Crippen LogP contribution in [0.3, 0.4) is 0 Å². The number of para-hydroxylation sites is 1. The standard InChI is InChI=1S/C10H10O3S/c1-7(11)13-9-6-4-3-5-8(9)10(12)14-2/h3-6H,1-2H3. The SMILES string of the molecule is CSC(=O)c1ccccc1OC(C)=O. The van der Waals surface area contributed by atoms with Crippen LogP contribution in [0, 0.1) is 0 Å². The molecule has 4 heteroatoms. The number of benzene rings is 1. The second-order valence-electron chi connectivity index (χ2n) is 2.58. The molecule has 0 heterocycles. The normalized spacial score (nSPS) is 9.57. The highest BCUT2D eigenvalue weighted by Crippen LogP contribution is 2.21. The minimum absolute atomic E-state index is 0.109. The van der Waals surface area contributed by atoms with Crippen molar-refractivity contribution in [3.05, 3.63) is 29.8 Å². The monoisotopic (exact) mass is 210 g/mol. The van der Waals surface area contributed by atoms with Crippen molar-refractivity contribution in [3.8, 4) is 5.75 Å². The molecular formula is C10H10O3S. The first kappa shape index (κ1) is 10.8. The quantitative estimate of drug-likeness (QED) is 0.554. The maximum atomic E-state index is 11.4. The number of hydrogen-bond donors (Lipinski definition) is 0. The van der Waals surface area contributed by atoms with Crippen LogP contribution in [0.25, 0.3) is 0 Å². The second-order valence-corrected chi connectivity index (χ2v) is 3.36. The first-order valence-electron chi connectivity index (χ1n) is 4.01. The zero-order chi connectivity index (χ0) is 10.6. The molecule has 0 aromatic heterocycles. The summed E-state index contributed by atoms with van der Waals surface area (Å²) in [6.07, 6.45) is 1.69. The lowest BCUT2D eigenvalue weighted by molar-refractivity contribution is -0.131. The summed E-state index contributed by atoms with van der Waals surface area (Å²) in [5, 5.41) is -0.109. The fourth-order valence-electron chi connectivity index (χ4n) is 0.989. The number of hydrogen-bond acceptors (Lipinski definition) is 4. The molecular weight excluding hydrogens is 200 g/mol. The van der Waals surface area contributed by atoms with Gasteiger partial charge in [0.25, 0.3) is 0 Å². The van der Waals surface area contributed by atoms with Gasteiger partial charge in [0.05, 0.1) is 5.56 Å². The van der Waals surface area contributed by atoms with Crippen molar-refractivity contribution in [1.29, 1.82) is 0 Å². The predicted molar refractivity (Wildman–Crippen MR) is 55.6 cm³/mol. The van der Waals surface area contributed by atoms with E-state index in [4.69, 9.17) is 4.74 Å². The highest BCUT2D eigenvalue weighted by molar-refractivity contribution is 8.13. The molecule has 0 fully saturated rings. The Balaban J connectivity index is 3.02. The molecule has 14 heavy (non-hydrogen) atoms. The van der Waals surface area contributed by atoms with E-state index in [9.17, 15) is 9.59 Å². The summed E-state index contributed by atoms with van der Waals surface area (Å²) >= 11 is 1.09. The lowest BCUT2D eigenvalue weighted by Crippen LogP contribution is -2.05. The fourth-order valence-corrected chi connectivity index (χ4v) is 1.38. The van der Waals surface area contributed by atoms with Gasteiger partial charge in [0.15, 0.2) is 0 Å². The van der Waals surface area contributed by atoms with E-state index in [-0.39, 0.29) is 5.12 Å². The third kappa shape index (κ3) is 2.60. The summed E-state index contributed by atoms with van der Waals surface area (Å²) in [6, 6.07) is 6.69. The van der Waals surface area contributed by atoms with Gasteiger partial charge in [-0.05, 0) is 18.4 Å². The van der Waals surface area contributed by atoms with E-state index < -0.39 is 5.97 Å².